The van der Waals surface area contributed by atoms with Gasteiger partial charge >= 0.3 is 12.3 Å². The van der Waals surface area contributed by atoms with Crippen LogP contribution in [0.2, 0.25) is 0 Å². The Balaban J connectivity index is 1.96. The Bertz CT molecular complexity index is 1060. The second-order valence-corrected chi connectivity index (χ2v) is 9.10. The average molecular weight is 476 g/mol. The molecular weight excluding hydrogens is 447 g/mol. The van der Waals surface area contributed by atoms with Gasteiger partial charge in [0.1, 0.15) is 5.60 Å². The highest BCUT2D eigenvalue weighted by Crippen LogP contribution is 2.40. The minimum absolute atomic E-state index is 0.0692. The van der Waals surface area contributed by atoms with Crippen LogP contribution in [0.15, 0.2) is 55.1 Å². The van der Waals surface area contributed by atoms with Crippen LogP contribution in [0.1, 0.15) is 31.9 Å². The summed E-state index contributed by atoms with van der Waals surface area (Å²) in [4.78, 5) is 26.0. The van der Waals surface area contributed by atoms with Crippen LogP contribution in [0.3, 0.4) is 0 Å². The first-order valence-electron chi connectivity index (χ1n) is 10.8. The van der Waals surface area contributed by atoms with E-state index in [9.17, 15) is 22.8 Å². The largest absolute Gasteiger partial charge is 0.444 e. The molecule has 1 heterocycles. The van der Waals surface area contributed by atoms with Gasteiger partial charge in [-0.25, -0.2) is 4.79 Å². The monoisotopic (exact) mass is 475 g/mol. The minimum atomic E-state index is -4.43. The van der Waals surface area contributed by atoms with E-state index in [0.29, 0.717) is 30.9 Å². The molecule has 3 rings (SSSR count). The molecule has 0 saturated carbocycles. The van der Waals surface area contributed by atoms with Gasteiger partial charge in [0.15, 0.2) is 0 Å². The second-order valence-electron chi connectivity index (χ2n) is 9.10. The van der Waals surface area contributed by atoms with Crippen LogP contribution < -0.4 is 15.5 Å². The molecule has 34 heavy (non-hydrogen) atoms. The number of benzene rings is 2. The molecule has 0 aromatic heterocycles. The molecule has 2 aromatic rings. The van der Waals surface area contributed by atoms with Gasteiger partial charge in [0.05, 0.1) is 5.56 Å². The van der Waals surface area contributed by atoms with E-state index in [1.54, 1.807) is 32.9 Å². The van der Waals surface area contributed by atoms with Crippen LogP contribution in [0.25, 0.3) is 0 Å². The van der Waals surface area contributed by atoms with Crippen LogP contribution in [-0.4, -0.2) is 30.7 Å². The molecule has 1 atom stereocenters. The number of ether oxygens (including phenoxy) is 1. The highest BCUT2D eigenvalue weighted by molar-refractivity contribution is 5.89. The Kier molecular flexibility index (Phi) is 7.24. The smallest absolute Gasteiger partial charge is 0.416 e. The topological polar surface area (TPSA) is 70.7 Å². The molecule has 2 amide bonds. The zero-order chi connectivity index (χ0) is 25.1. The lowest BCUT2D eigenvalue weighted by Gasteiger charge is -2.37. The summed E-state index contributed by atoms with van der Waals surface area (Å²) in [6.45, 7) is 9.54. The molecule has 0 radical (unpaired) electrons. The van der Waals surface area contributed by atoms with Crippen molar-refractivity contribution in [2.24, 2.45) is 5.92 Å². The van der Waals surface area contributed by atoms with Gasteiger partial charge in [0.25, 0.3) is 0 Å². The molecule has 0 saturated heterocycles. The van der Waals surface area contributed by atoms with Crippen molar-refractivity contribution < 1.29 is 27.5 Å². The molecule has 1 aliphatic heterocycles. The number of carbonyl (C=O) groups is 2. The van der Waals surface area contributed by atoms with Crippen LogP contribution in [-0.2, 0) is 22.1 Å². The van der Waals surface area contributed by atoms with Crippen LogP contribution in [0.4, 0.5) is 35.0 Å². The molecule has 2 aromatic carbocycles. The van der Waals surface area contributed by atoms with E-state index >= 15 is 0 Å². The van der Waals surface area contributed by atoms with Gasteiger partial charge in [0, 0.05) is 30.2 Å². The summed E-state index contributed by atoms with van der Waals surface area (Å²) < 4.78 is 44.5. The van der Waals surface area contributed by atoms with Crippen LogP contribution >= 0.6 is 0 Å². The van der Waals surface area contributed by atoms with Crippen molar-refractivity contribution in [3.8, 4) is 0 Å². The number of fused-ring (bicyclic) bond motifs is 1. The Morgan fingerprint density at radius 3 is 2.41 bits per heavy atom. The first-order chi connectivity index (χ1) is 15.9. The van der Waals surface area contributed by atoms with E-state index in [1.165, 1.54) is 18.2 Å². The lowest BCUT2D eigenvalue weighted by molar-refractivity contribution is -0.137. The molecule has 2 N–H and O–H groups in total. The number of rotatable bonds is 5. The Hall–Kier alpha value is -3.49. The van der Waals surface area contributed by atoms with Crippen molar-refractivity contribution >= 4 is 29.1 Å². The third kappa shape index (κ3) is 6.30. The van der Waals surface area contributed by atoms with Gasteiger partial charge in [-0.15, -0.1) is 0 Å². The Morgan fingerprint density at radius 2 is 1.82 bits per heavy atom. The summed E-state index contributed by atoms with van der Waals surface area (Å²) in [5, 5.41) is 5.56. The standard InChI is InChI=1S/C25H28F3N3O3/c1-5-22(32)29-14-16-13-19-20(30-23(33)34-24(2,3)4)7-6-8-21(19)31(15-16)18-11-9-17(10-12-18)25(26,27)28/h5-12,16H,1,13-15H2,2-4H3,(H,29,32)(H,30,33). The van der Waals surface area contributed by atoms with E-state index in [1.807, 2.05) is 11.0 Å². The fraction of sp³-hybridized carbons (Fsp3) is 0.360. The average Bonchev–Trinajstić information content (AvgIpc) is 2.75. The Labute approximate surface area is 196 Å². The summed E-state index contributed by atoms with van der Waals surface area (Å²) >= 11 is 0. The second kappa shape index (κ2) is 9.79. The molecule has 0 bridgehead atoms. The maximum atomic E-state index is 13.1. The highest BCUT2D eigenvalue weighted by Gasteiger charge is 2.32. The summed E-state index contributed by atoms with van der Waals surface area (Å²) in [5.41, 5.74) is 1.27. The Morgan fingerprint density at radius 1 is 1.15 bits per heavy atom. The third-order valence-corrected chi connectivity index (χ3v) is 5.27. The van der Waals surface area contributed by atoms with E-state index in [-0.39, 0.29) is 11.8 Å². The zero-order valence-electron chi connectivity index (χ0n) is 19.3. The molecule has 0 spiro atoms. The van der Waals surface area contributed by atoms with Crippen molar-refractivity contribution in [3.63, 3.8) is 0 Å². The lowest BCUT2D eigenvalue weighted by atomic mass is 9.90. The number of amides is 2. The molecule has 1 unspecified atom stereocenters. The van der Waals surface area contributed by atoms with Crippen molar-refractivity contribution in [2.45, 2.75) is 39.0 Å². The SMILES string of the molecule is C=CC(=O)NCC1Cc2c(NC(=O)OC(C)(C)C)cccc2N(c2ccc(C(F)(F)F)cc2)C1. The summed E-state index contributed by atoms with van der Waals surface area (Å²) in [5.74, 6) is -0.382. The molecule has 9 heteroatoms. The molecule has 0 fully saturated rings. The summed E-state index contributed by atoms with van der Waals surface area (Å²) in [6.07, 6.45) is -3.32. The fourth-order valence-electron chi connectivity index (χ4n) is 3.81. The van der Waals surface area contributed by atoms with Gasteiger partial charge in [-0.2, -0.15) is 13.2 Å². The molecule has 182 valence electrons. The third-order valence-electron chi connectivity index (χ3n) is 5.27. The van der Waals surface area contributed by atoms with Gasteiger partial charge in [-0.1, -0.05) is 12.6 Å². The number of hydrogen-bond donors (Lipinski definition) is 2. The predicted molar refractivity (Wildman–Crippen MR) is 125 cm³/mol. The maximum Gasteiger partial charge on any atom is 0.416 e. The van der Waals surface area contributed by atoms with E-state index in [2.05, 4.69) is 17.2 Å². The molecule has 1 aliphatic rings. The zero-order valence-corrected chi connectivity index (χ0v) is 19.3. The number of alkyl halides is 3. The van der Waals surface area contributed by atoms with Crippen molar-refractivity contribution in [3.05, 3.63) is 66.2 Å². The number of nitrogens with zero attached hydrogens (tertiary/aromatic N) is 1. The number of anilines is 3. The molecule has 6 nitrogen and oxygen atoms in total. The van der Waals surface area contributed by atoms with Crippen molar-refractivity contribution in [2.75, 3.05) is 23.3 Å². The minimum Gasteiger partial charge on any atom is -0.444 e. The number of nitrogens with one attached hydrogen (secondary N) is 2. The van der Waals surface area contributed by atoms with Crippen LogP contribution in [0.5, 0.6) is 0 Å². The van der Waals surface area contributed by atoms with Crippen molar-refractivity contribution in [1.82, 2.24) is 5.32 Å². The van der Waals surface area contributed by atoms with Gasteiger partial charge < -0.3 is 15.0 Å². The van der Waals surface area contributed by atoms with Gasteiger partial charge in [-0.05, 0) is 81.1 Å². The molecular formula is C25H28F3N3O3. The number of halogens is 3. The van der Waals surface area contributed by atoms with Gasteiger partial charge in [0.2, 0.25) is 5.91 Å². The van der Waals surface area contributed by atoms with Gasteiger partial charge in [-0.3, -0.25) is 10.1 Å². The molecule has 0 aliphatic carbocycles. The highest BCUT2D eigenvalue weighted by atomic mass is 19.4. The van der Waals surface area contributed by atoms with E-state index in [4.69, 9.17) is 4.74 Å². The van der Waals surface area contributed by atoms with E-state index < -0.39 is 23.4 Å². The quantitative estimate of drug-likeness (QED) is 0.547. The number of hydrogen-bond acceptors (Lipinski definition) is 4. The predicted octanol–water partition coefficient (Wildman–Crippen LogP) is 5.67. The normalized spacial score (nSPS) is 15.8. The summed E-state index contributed by atoms with van der Waals surface area (Å²) in [6, 6.07) is 10.3. The maximum absolute atomic E-state index is 13.1. The first-order valence-corrected chi connectivity index (χ1v) is 10.8. The van der Waals surface area contributed by atoms with Crippen molar-refractivity contribution in [1.29, 1.82) is 0 Å². The first kappa shape index (κ1) is 25.1. The van der Waals surface area contributed by atoms with E-state index in [0.717, 1.165) is 23.4 Å². The van der Waals surface area contributed by atoms with Crippen LogP contribution in [0, 0.1) is 5.92 Å². The fourth-order valence-corrected chi connectivity index (χ4v) is 3.81. The number of carbonyl (C=O) groups excluding carboxylic acids is 2. The lowest BCUT2D eigenvalue weighted by Crippen LogP contribution is -2.39. The summed E-state index contributed by atoms with van der Waals surface area (Å²) in [7, 11) is 0.